The number of anilines is 2. The predicted octanol–water partition coefficient (Wildman–Crippen LogP) is 4.02. The second-order valence-corrected chi connectivity index (χ2v) is 8.19. The number of carbonyl (C=O) groups excluding carboxylic acids is 4. The Labute approximate surface area is 206 Å². The number of benzene rings is 3. The Morgan fingerprint density at radius 1 is 0.943 bits per heavy atom. The third-order valence-electron chi connectivity index (χ3n) is 5.23. The molecule has 178 valence electrons. The quantitative estimate of drug-likeness (QED) is 0.363. The molecule has 9 heteroatoms. The van der Waals surface area contributed by atoms with E-state index in [9.17, 15) is 19.2 Å². The summed E-state index contributed by atoms with van der Waals surface area (Å²) in [6.07, 6.45) is 0.975. The summed E-state index contributed by atoms with van der Waals surface area (Å²) in [6.45, 7) is -0.947. The molecule has 8 nitrogen and oxygen atoms in total. The largest absolute Gasteiger partial charge is 0.482 e. The lowest BCUT2D eigenvalue weighted by molar-refractivity contribution is -0.149. The standard InChI is InChI=1S/C26H21ClN2O6/c27-18-7-9-22(20(13-18)26(33)16-4-2-1-3-5-16)29-24(31)14-35-25(32)15-34-19-8-10-21-17(12-19)6-11-23(30)28-21/h1-5,7-10,12-13H,6,11,14-15H2,(H,28,30)(H,29,31). The highest BCUT2D eigenvalue weighted by Crippen LogP contribution is 2.27. The van der Waals surface area contributed by atoms with E-state index in [1.54, 1.807) is 54.6 Å². The fourth-order valence-corrected chi connectivity index (χ4v) is 3.70. The van der Waals surface area contributed by atoms with Gasteiger partial charge in [-0.1, -0.05) is 41.9 Å². The number of ether oxygens (including phenoxy) is 2. The Hall–Kier alpha value is -4.17. The molecule has 2 amide bonds. The average molecular weight is 493 g/mol. The van der Waals surface area contributed by atoms with Crippen LogP contribution in [0.15, 0.2) is 66.7 Å². The third-order valence-corrected chi connectivity index (χ3v) is 5.46. The molecular formula is C26H21ClN2O6. The number of nitrogens with one attached hydrogen (secondary N) is 2. The number of amides is 2. The minimum absolute atomic E-state index is 0.0387. The molecule has 0 unspecified atom stereocenters. The molecule has 0 saturated carbocycles. The van der Waals surface area contributed by atoms with Crippen LogP contribution in [0.4, 0.5) is 11.4 Å². The topological polar surface area (TPSA) is 111 Å². The zero-order valence-electron chi connectivity index (χ0n) is 18.5. The number of ketones is 1. The number of rotatable bonds is 8. The number of fused-ring (bicyclic) bond motifs is 1. The maximum absolute atomic E-state index is 12.9. The van der Waals surface area contributed by atoms with Crippen LogP contribution in [-0.2, 0) is 25.5 Å². The van der Waals surface area contributed by atoms with E-state index in [-0.39, 0.29) is 22.9 Å². The first-order valence-electron chi connectivity index (χ1n) is 10.8. The van der Waals surface area contributed by atoms with Gasteiger partial charge in [0.15, 0.2) is 19.0 Å². The first kappa shape index (κ1) is 24.0. The van der Waals surface area contributed by atoms with Crippen molar-refractivity contribution in [2.45, 2.75) is 12.8 Å². The van der Waals surface area contributed by atoms with Gasteiger partial charge < -0.3 is 20.1 Å². The summed E-state index contributed by atoms with van der Waals surface area (Å²) in [6, 6.07) is 18.2. The molecule has 35 heavy (non-hydrogen) atoms. The first-order valence-corrected chi connectivity index (χ1v) is 11.2. The molecule has 1 aliphatic rings. The molecule has 2 N–H and O–H groups in total. The summed E-state index contributed by atoms with van der Waals surface area (Å²) in [5.41, 5.74) is 2.55. The zero-order valence-corrected chi connectivity index (χ0v) is 19.3. The molecule has 0 fully saturated rings. The van der Waals surface area contributed by atoms with Gasteiger partial charge in [0.2, 0.25) is 5.91 Å². The van der Waals surface area contributed by atoms with Crippen molar-refractivity contribution in [3.8, 4) is 5.75 Å². The molecule has 0 aromatic heterocycles. The number of esters is 1. The van der Waals surface area contributed by atoms with Crippen LogP contribution in [0.25, 0.3) is 0 Å². The third kappa shape index (κ3) is 6.24. The summed E-state index contributed by atoms with van der Waals surface area (Å²) in [5.74, 6) is -1.25. The van der Waals surface area contributed by atoms with E-state index in [1.165, 1.54) is 12.1 Å². The van der Waals surface area contributed by atoms with Crippen molar-refractivity contribution in [2.24, 2.45) is 0 Å². The Morgan fingerprint density at radius 3 is 2.54 bits per heavy atom. The fraction of sp³-hybridized carbons (Fsp3) is 0.154. The Kier molecular flexibility index (Phi) is 7.42. The van der Waals surface area contributed by atoms with Crippen molar-refractivity contribution in [3.63, 3.8) is 0 Å². The van der Waals surface area contributed by atoms with Crippen LogP contribution in [0.2, 0.25) is 5.02 Å². The molecule has 3 aromatic carbocycles. The number of hydrogen-bond acceptors (Lipinski definition) is 6. The lowest BCUT2D eigenvalue weighted by Crippen LogP contribution is -2.24. The molecule has 1 aliphatic heterocycles. The highest BCUT2D eigenvalue weighted by Gasteiger charge is 2.18. The minimum Gasteiger partial charge on any atom is -0.482 e. The zero-order chi connectivity index (χ0) is 24.8. The maximum atomic E-state index is 12.9. The molecular weight excluding hydrogens is 472 g/mol. The molecule has 0 bridgehead atoms. The predicted molar refractivity (Wildman–Crippen MR) is 130 cm³/mol. The van der Waals surface area contributed by atoms with E-state index in [1.807, 2.05) is 0 Å². The van der Waals surface area contributed by atoms with E-state index < -0.39 is 25.1 Å². The van der Waals surface area contributed by atoms with Gasteiger partial charge in [0, 0.05) is 28.3 Å². The van der Waals surface area contributed by atoms with Crippen LogP contribution < -0.4 is 15.4 Å². The Bertz CT molecular complexity index is 1290. The van der Waals surface area contributed by atoms with E-state index in [0.717, 1.165) is 11.3 Å². The summed E-state index contributed by atoms with van der Waals surface area (Å²) in [7, 11) is 0. The summed E-state index contributed by atoms with van der Waals surface area (Å²) in [5, 5.41) is 5.70. The molecule has 0 saturated heterocycles. The van der Waals surface area contributed by atoms with Crippen LogP contribution in [0.3, 0.4) is 0 Å². The van der Waals surface area contributed by atoms with Gasteiger partial charge in [-0.2, -0.15) is 0 Å². The van der Waals surface area contributed by atoms with Gasteiger partial charge in [0.25, 0.3) is 5.91 Å². The van der Waals surface area contributed by atoms with Crippen molar-refractivity contribution in [2.75, 3.05) is 23.8 Å². The van der Waals surface area contributed by atoms with Crippen LogP contribution in [0.1, 0.15) is 27.9 Å². The molecule has 0 radical (unpaired) electrons. The van der Waals surface area contributed by atoms with Gasteiger partial charge in [0.05, 0.1) is 5.69 Å². The van der Waals surface area contributed by atoms with Gasteiger partial charge in [0.1, 0.15) is 5.75 Å². The van der Waals surface area contributed by atoms with Gasteiger partial charge >= 0.3 is 5.97 Å². The molecule has 0 spiro atoms. The van der Waals surface area contributed by atoms with Gasteiger partial charge in [-0.05, 0) is 48.4 Å². The number of halogens is 1. The molecule has 4 rings (SSSR count). The average Bonchev–Trinajstić information content (AvgIpc) is 2.87. The highest BCUT2D eigenvalue weighted by atomic mass is 35.5. The molecule has 1 heterocycles. The smallest absolute Gasteiger partial charge is 0.344 e. The monoisotopic (exact) mass is 492 g/mol. The van der Waals surface area contributed by atoms with E-state index in [4.69, 9.17) is 21.1 Å². The van der Waals surface area contributed by atoms with Crippen molar-refractivity contribution in [1.82, 2.24) is 0 Å². The minimum atomic E-state index is -0.733. The summed E-state index contributed by atoms with van der Waals surface area (Å²) < 4.78 is 10.4. The normalized spacial score (nSPS) is 12.2. The van der Waals surface area contributed by atoms with Crippen molar-refractivity contribution in [1.29, 1.82) is 0 Å². The first-order chi connectivity index (χ1) is 16.9. The SMILES string of the molecule is O=C1CCc2cc(OCC(=O)OCC(=O)Nc3ccc(Cl)cc3C(=O)c3ccccc3)ccc2N1. The Balaban J connectivity index is 1.30. The van der Waals surface area contributed by atoms with Crippen molar-refractivity contribution >= 4 is 46.5 Å². The lowest BCUT2D eigenvalue weighted by Gasteiger charge is -2.17. The second-order valence-electron chi connectivity index (χ2n) is 7.75. The lowest BCUT2D eigenvalue weighted by atomic mass is 10.0. The van der Waals surface area contributed by atoms with Crippen LogP contribution in [-0.4, -0.2) is 36.8 Å². The summed E-state index contributed by atoms with van der Waals surface area (Å²) >= 11 is 6.05. The Morgan fingerprint density at radius 2 is 1.74 bits per heavy atom. The molecule has 0 aliphatic carbocycles. The van der Waals surface area contributed by atoms with Crippen LogP contribution in [0.5, 0.6) is 5.75 Å². The van der Waals surface area contributed by atoms with E-state index in [2.05, 4.69) is 10.6 Å². The van der Waals surface area contributed by atoms with E-state index in [0.29, 0.717) is 29.2 Å². The highest BCUT2D eigenvalue weighted by molar-refractivity contribution is 6.31. The van der Waals surface area contributed by atoms with E-state index >= 15 is 0 Å². The van der Waals surface area contributed by atoms with Crippen LogP contribution in [0, 0.1) is 0 Å². The molecule has 3 aromatic rings. The van der Waals surface area contributed by atoms with Gasteiger partial charge in [-0.25, -0.2) is 4.79 Å². The number of carbonyl (C=O) groups is 4. The fourth-order valence-electron chi connectivity index (χ4n) is 3.52. The van der Waals surface area contributed by atoms with Crippen molar-refractivity contribution in [3.05, 3.63) is 88.4 Å². The number of aryl methyl sites for hydroxylation is 1. The van der Waals surface area contributed by atoms with Gasteiger partial charge in [-0.15, -0.1) is 0 Å². The maximum Gasteiger partial charge on any atom is 0.344 e. The van der Waals surface area contributed by atoms with Gasteiger partial charge in [-0.3, -0.25) is 14.4 Å². The number of hydrogen-bond donors (Lipinski definition) is 2. The van der Waals surface area contributed by atoms with Crippen molar-refractivity contribution < 1.29 is 28.7 Å². The van der Waals surface area contributed by atoms with Crippen LogP contribution >= 0.6 is 11.6 Å². The second kappa shape index (κ2) is 10.8. The molecule has 0 atom stereocenters. The summed E-state index contributed by atoms with van der Waals surface area (Å²) in [4.78, 5) is 48.7.